The molecular weight excluding hydrogens is 629 g/mol. The molecule has 0 amide bonds. The minimum atomic E-state index is 0.229. The van der Waals surface area contributed by atoms with Crippen LogP contribution in [0.3, 0.4) is 0 Å². The fraction of sp³-hybridized carbons (Fsp3) is 0.0400. The van der Waals surface area contributed by atoms with E-state index in [0.29, 0.717) is 0 Å². The van der Waals surface area contributed by atoms with Crippen molar-refractivity contribution in [1.29, 1.82) is 0 Å². The molecule has 0 saturated heterocycles. The van der Waals surface area contributed by atoms with Gasteiger partial charge in [-0.3, -0.25) is 0 Å². The smallest absolute Gasteiger partial charge is 0.0511 e. The lowest BCUT2D eigenvalue weighted by molar-refractivity contribution is 0.958. The second-order valence-corrected chi connectivity index (χ2v) is 13.4. The molecule has 0 spiro atoms. The summed E-state index contributed by atoms with van der Waals surface area (Å²) in [6.07, 6.45) is 4.64. The molecule has 2 aliphatic rings. The van der Waals surface area contributed by atoms with Gasteiger partial charge < -0.3 is 9.80 Å². The number of nitrogens with zero attached hydrogens (tertiary/aromatic N) is 2. The van der Waals surface area contributed by atoms with E-state index >= 15 is 0 Å². The zero-order valence-corrected chi connectivity index (χ0v) is 29.1. The lowest BCUT2D eigenvalue weighted by atomic mass is 9.93. The zero-order valence-electron chi connectivity index (χ0n) is 29.1. The number of fused-ring (bicyclic) bond motifs is 1. The van der Waals surface area contributed by atoms with Crippen LogP contribution >= 0.6 is 0 Å². The van der Waals surface area contributed by atoms with Crippen LogP contribution in [0.5, 0.6) is 0 Å². The van der Waals surface area contributed by atoms with Gasteiger partial charge in [0.05, 0.1) is 5.92 Å². The van der Waals surface area contributed by atoms with Crippen LogP contribution in [0.15, 0.2) is 218 Å². The Morgan fingerprint density at radius 2 is 0.808 bits per heavy atom. The van der Waals surface area contributed by atoms with E-state index in [1.165, 1.54) is 61.5 Å². The maximum atomic E-state index is 2.40. The number of hydrogen-bond donors (Lipinski definition) is 0. The molecule has 2 nitrogen and oxygen atoms in total. The first-order valence-electron chi connectivity index (χ1n) is 17.9. The molecule has 7 aromatic carbocycles. The van der Waals surface area contributed by atoms with E-state index in [1.54, 1.807) is 0 Å². The standard InChI is InChI=1S/C50H38N2/c1-51(45-24-14-21-41(35-45)37-17-8-3-9-18-37)50-46(39-19-10-4-11-20-39)33-34-47-48(49(47)50)40-27-31-44(32-28-40)52(42-22-12-5-13-23-42)43-29-25-38(26-30-43)36-15-6-2-7-16-36/h2-35,49H,1H3. The van der Waals surface area contributed by atoms with Crippen molar-refractivity contribution in [2.45, 2.75) is 0 Å². The van der Waals surface area contributed by atoms with Crippen molar-refractivity contribution < 1.29 is 0 Å². The van der Waals surface area contributed by atoms with Gasteiger partial charge in [-0.1, -0.05) is 158 Å². The SMILES string of the molecule is CN(C1=C(c2ccccc2)C=CC2=C(c3ccc(N(c4ccccc4)c4ccc(-c5ccccc5)cc4)cc3)C21)c1cccc(-c2ccccc2)c1. The van der Waals surface area contributed by atoms with Crippen LogP contribution in [0.1, 0.15) is 11.1 Å². The maximum Gasteiger partial charge on any atom is 0.0511 e. The van der Waals surface area contributed by atoms with Gasteiger partial charge in [-0.2, -0.15) is 0 Å². The summed E-state index contributed by atoms with van der Waals surface area (Å²) in [5.74, 6) is 0.229. The monoisotopic (exact) mass is 666 g/mol. The third-order valence-electron chi connectivity index (χ3n) is 10.3. The summed E-state index contributed by atoms with van der Waals surface area (Å²) in [5.41, 5.74) is 17.3. The van der Waals surface area contributed by atoms with Crippen molar-refractivity contribution >= 4 is 33.9 Å². The highest BCUT2D eigenvalue weighted by atomic mass is 15.1. The number of hydrogen-bond acceptors (Lipinski definition) is 2. The van der Waals surface area contributed by atoms with Crippen molar-refractivity contribution in [1.82, 2.24) is 0 Å². The van der Waals surface area contributed by atoms with Crippen LogP contribution in [-0.2, 0) is 0 Å². The molecule has 2 aliphatic carbocycles. The molecule has 0 bridgehead atoms. The van der Waals surface area contributed by atoms with E-state index in [9.17, 15) is 0 Å². The molecule has 52 heavy (non-hydrogen) atoms. The van der Waals surface area contributed by atoms with Gasteiger partial charge >= 0.3 is 0 Å². The van der Waals surface area contributed by atoms with E-state index in [1.807, 2.05) is 0 Å². The normalized spacial score (nSPS) is 14.6. The van der Waals surface area contributed by atoms with Crippen LogP contribution in [0.4, 0.5) is 22.7 Å². The fourth-order valence-corrected chi connectivity index (χ4v) is 7.60. The van der Waals surface area contributed by atoms with Gasteiger partial charge in [0.15, 0.2) is 0 Å². The molecule has 0 aromatic heterocycles. The molecule has 7 aromatic rings. The summed E-state index contributed by atoms with van der Waals surface area (Å²) in [5, 5.41) is 0. The molecule has 248 valence electrons. The first kappa shape index (κ1) is 31.3. The zero-order chi connectivity index (χ0) is 34.9. The Balaban J connectivity index is 1.05. The minimum absolute atomic E-state index is 0.229. The van der Waals surface area contributed by atoms with Crippen molar-refractivity contribution in [3.05, 3.63) is 229 Å². The Bertz CT molecular complexity index is 2430. The first-order valence-corrected chi connectivity index (χ1v) is 17.9. The highest BCUT2D eigenvalue weighted by Crippen LogP contribution is 2.57. The predicted molar refractivity (Wildman–Crippen MR) is 220 cm³/mol. The average molecular weight is 667 g/mol. The number of benzene rings is 7. The van der Waals surface area contributed by atoms with Crippen LogP contribution in [0.25, 0.3) is 33.4 Å². The third kappa shape index (κ3) is 5.95. The summed E-state index contributed by atoms with van der Waals surface area (Å²) in [7, 11) is 2.22. The second-order valence-electron chi connectivity index (χ2n) is 13.4. The molecule has 2 heteroatoms. The molecule has 9 rings (SSSR count). The third-order valence-corrected chi connectivity index (χ3v) is 10.3. The predicted octanol–water partition coefficient (Wildman–Crippen LogP) is 13.0. The van der Waals surface area contributed by atoms with E-state index in [-0.39, 0.29) is 5.92 Å². The molecule has 0 aliphatic heterocycles. The van der Waals surface area contributed by atoms with E-state index < -0.39 is 0 Å². The molecule has 0 radical (unpaired) electrons. The summed E-state index contributed by atoms with van der Waals surface area (Å²) >= 11 is 0. The highest BCUT2D eigenvalue weighted by molar-refractivity contribution is 6.00. The van der Waals surface area contributed by atoms with Gasteiger partial charge in [-0.15, -0.1) is 0 Å². The largest absolute Gasteiger partial charge is 0.347 e. The average Bonchev–Trinajstić information content (AvgIpc) is 3.97. The number of allylic oxidation sites excluding steroid dienone is 4. The Kier molecular flexibility index (Phi) is 8.19. The first-order chi connectivity index (χ1) is 25.7. The topological polar surface area (TPSA) is 6.48 Å². The van der Waals surface area contributed by atoms with E-state index in [0.717, 1.165) is 17.1 Å². The van der Waals surface area contributed by atoms with Crippen LogP contribution < -0.4 is 9.80 Å². The molecule has 0 N–H and O–H groups in total. The molecule has 0 fully saturated rings. The van der Waals surface area contributed by atoms with Crippen LogP contribution in [0, 0.1) is 5.92 Å². The van der Waals surface area contributed by atoms with Gasteiger partial charge in [0.1, 0.15) is 0 Å². The van der Waals surface area contributed by atoms with Gasteiger partial charge in [0.2, 0.25) is 0 Å². The fourth-order valence-electron chi connectivity index (χ4n) is 7.60. The summed E-state index contributed by atoms with van der Waals surface area (Å²) in [6, 6.07) is 69.5. The van der Waals surface area contributed by atoms with E-state index in [2.05, 4.69) is 223 Å². The van der Waals surface area contributed by atoms with Crippen LogP contribution in [-0.4, -0.2) is 7.05 Å². The Labute approximate surface area is 306 Å². The Morgan fingerprint density at radius 3 is 1.40 bits per heavy atom. The van der Waals surface area contributed by atoms with Gasteiger partial charge in [0.25, 0.3) is 0 Å². The van der Waals surface area contributed by atoms with Crippen molar-refractivity contribution in [3.8, 4) is 22.3 Å². The van der Waals surface area contributed by atoms with Crippen molar-refractivity contribution in [3.63, 3.8) is 0 Å². The van der Waals surface area contributed by atoms with Gasteiger partial charge in [-0.25, -0.2) is 0 Å². The van der Waals surface area contributed by atoms with Crippen LogP contribution in [0.2, 0.25) is 0 Å². The van der Waals surface area contributed by atoms with Crippen molar-refractivity contribution in [2.24, 2.45) is 5.92 Å². The number of rotatable bonds is 9. The molecule has 1 atom stereocenters. The van der Waals surface area contributed by atoms with Gasteiger partial charge in [-0.05, 0) is 93.1 Å². The highest BCUT2D eigenvalue weighted by Gasteiger charge is 2.43. The lowest BCUT2D eigenvalue weighted by Gasteiger charge is -2.29. The quantitative estimate of drug-likeness (QED) is 0.151. The lowest BCUT2D eigenvalue weighted by Crippen LogP contribution is -2.22. The molecular formula is C50H38N2. The Hall–Kier alpha value is -6.64. The number of para-hydroxylation sites is 1. The number of anilines is 4. The van der Waals surface area contributed by atoms with Gasteiger partial charge in [0, 0.05) is 41.1 Å². The summed E-state index contributed by atoms with van der Waals surface area (Å²) in [6.45, 7) is 0. The summed E-state index contributed by atoms with van der Waals surface area (Å²) in [4.78, 5) is 4.74. The van der Waals surface area contributed by atoms with Crippen molar-refractivity contribution in [2.75, 3.05) is 16.8 Å². The molecule has 1 unspecified atom stereocenters. The second kappa shape index (κ2) is 13.6. The summed E-state index contributed by atoms with van der Waals surface area (Å²) < 4.78 is 0. The Morgan fingerprint density at radius 1 is 0.365 bits per heavy atom. The maximum absolute atomic E-state index is 2.40. The molecule has 0 heterocycles. The molecule has 0 saturated carbocycles. The van der Waals surface area contributed by atoms with E-state index in [4.69, 9.17) is 0 Å². The minimum Gasteiger partial charge on any atom is -0.347 e.